The molecule has 0 atom stereocenters. The summed E-state index contributed by atoms with van der Waals surface area (Å²) >= 11 is 0. The molecule has 154 valence electrons. The Hall–Kier alpha value is -3.71. The molecule has 0 saturated carbocycles. The van der Waals surface area contributed by atoms with Gasteiger partial charge in [-0.2, -0.15) is 0 Å². The average Bonchev–Trinajstić information content (AvgIpc) is 2.78. The van der Waals surface area contributed by atoms with E-state index >= 15 is 0 Å². The summed E-state index contributed by atoms with van der Waals surface area (Å²) in [6, 6.07) is 18.6. The zero-order valence-electron chi connectivity index (χ0n) is 16.7. The van der Waals surface area contributed by atoms with Crippen LogP contribution in [0.25, 0.3) is 11.1 Å². The number of nitro benzene ring substituents is 1. The largest absolute Gasteiger partial charge is 0.497 e. The maximum atomic E-state index is 12.8. The van der Waals surface area contributed by atoms with Crippen molar-refractivity contribution in [2.24, 2.45) is 0 Å². The number of ether oxygens (including phenoxy) is 3. The molecule has 0 N–H and O–H groups in total. The summed E-state index contributed by atoms with van der Waals surface area (Å²) in [6.07, 6.45) is 0.131. The Morgan fingerprint density at radius 3 is 2.20 bits per heavy atom. The second-order valence-electron chi connectivity index (χ2n) is 6.51. The van der Waals surface area contributed by atoms with Gasteiger partial charge in [0, 0.05) is 36.8 Å². The summed E-state index contributed by atoms with van der Waals surface area (Å²) in [5, 5.41) is 10.9. The highest BCUT2D eigenvalue weighted by Gasteiger charge is 2.14. The number of carbonyl (C=O) groups is 1. The summed E-state index contributed by atoms with van der Waals surface area (Å²) in [7, 11) is 3.09. The fraction of sp³-hybridized carbons (Fsp3) is 0.174. The highest BCUT2D eigenvalue weighted by Crippen LogP contribution is 2.29. The lowest BCUT2D eigenvalue weighted by Crippen LogP contribution is -2.07. The maximum absolute atomic E-state index is 12.8. The van der Waals surface area contributed by atoms with Gasteiger partial charge in [0.15, 0.2) is 12.6 Å². The molecule has 0 unspecified atom stereocenters. The van der Waals surface area contributed by atoms with Gasteiger partial charge in [-0.3, -0.25) is 14.9 Å². The van der Waals surface area contributed by atoms with Crippen LogP contribution < -0.4 is 9.47 Å². The number of Topliss-reactive ketones (excluding diaryl/α,β-unsaturated/α-hetero) is 1. The molecule has 0 radical (unpaired) electrons. The van der Waals surface area contributed by atoms with Gasteiger partial charge in [-0.25, -0.2) is 0 Å². The van der Waals surface area contributed by atoms with Gasteiger partial charge in [0.05, 0.1) is 12.0 Å². The maximum Gasteiger partial charge on any atom is 0.269 e. The molecule has 7 heteroatoms. The first kappa shape index (κ1) is 21.0. The van der Waals surface area contributed by atoms with Gasteiger partial charge in [0.2, 0.25) is 0 Å². The van der Waals surface area contributed by atoms with Crippen molar-refractivity contribution in [2.45, 2.75) is 6.42 Å². The molecule has 0 bridgehead atoms. The molecule has 0 heterocycles. The SMILES string of the molecule is COCOc1ccc(-c2ccc([N+](=O)[O-])cc2)cc1CC(=O)c1ccc(OC)cc1. The van der Waals surface area contributed by atoms with Gasteiger partial charge in [-0.05, 0) is 59.7 Å². The first-order chi connectivity index (χ1) is 14.5. The molecule has 0 aliphatic rings. The normalized spacial score (nSPS) is 10.5. The summed E-state index contributed by atoms with van der Waals surface area (Å²) in [5.41, 5.74) is 2.91. The Morgan fingerprint density at radius 2 is 1.60 bits per heavy atom. The van der Waals surface area contributed by atoms with Crippen molar-refractivity contribution in [1.82, 2.24) is 0 Å². The van der Waals surface area contributed by atoms with Crippen LogP contribution in [-0.2, 0) is 11.2 Å². The van der Waals surface area contributed by atoms with Crippen LogP contribution in [0.3, 0.4) is 0 Å². The number of nitro groups is 1. The minimum absolute atomic E-state index is 0.0219. The number of rotatable bonds is 9. The van der Waals surface area contributed by atoms with Gasteiger partial charge in [-0.15, -0.1) is 0 Å². The van der Waals surface area contributed by atoms with E-state index in [1.165, 1.54) is 19.2 Å². The van der Waals surface area contributed by atoms with Crippen LogP contribution in [-0.4, -0.2) is 31.7 Å². The number of non-ortho nitro benzene ring substituents is 1. The minimum atomic E-state index is -0.440. The van der Waals surface area contributed by atoms with E-state index < -0.39 is 4.92 Å². The van der Waals surface area contributed by atoms with E-state index in [2.05, 4.69) is 0 Å². The topological polar surface area (TPSA) is 87.9 Å². The van der Waals surface area contributed by atoms with E-state index in [-0.39, 0.29) is 24.7 Å². The number of ketones is 1. The lowest BCUT2D eigenvalue weighted by molar-refractivity contribution is -0.384. The summed E-state index contributed by atoms with van der Waals surface area (Å²) in [5.74, 6) is 1.15. The third-order valence-corrected chi connectivity index (χ3v) is 4.57. The Balaban J connectivity index is 1.90. The first-order valence-corrected chi connectivity index (χ1v) is 9.18. The number of hydrogen-bond donors (Lipinski definition) is 0. The predicted octanol–water partition coefficient (Wildman–Crippen LogP) is 4.68. The van der Waals surface area contributed by atoms with E-state index in [0.29, 0.717) is 22.6 Å². The fourth-order valence-electron chi connectivity index (χ4n) is 2.99. The van der Waals surface area contributed by atoms with Gasteiger partial charge < -0.3 is 14.2 Å². The molecule has 3 rings (SSSR count). The van der Waals surface area contributed by atoms with Crippen LogP contribution in [0.15, 0.2) is 66.7 Å². The molecular weight excluding hydrogens is 386 g/mol. The lowest BCUT2D eigenvalue weighted by Gasteiger charge is -2.13. The number of benzene rings is 3. The Labute approximate surface area is 174 Å². The molecule has 3 aromatic carbocycles. The van der Waals surface area contributed by atoms with Gasteiger partial charge >= 0.3 is 0 Å². The molecule has 0 fully saturated rings. The van der Waals surface area contributed by atoms with Gasteiger partial charge in [-0.1, -0.05) is 6.07 Å². The van der Waals surface area contributed by atoms with E-state index in [0.717, 1.165) is 11.1 Å². The molecule has 0 saturated heterocycles. The summed E-state index contributed by atoms with van der Waals surface area (Å²) in [4.78, 5) is 23.2. The van der Waals surface area contributed by atoms with Crippen molar-refractivity contribution >= 4 is 11.5 Å². The molecular formula is C23H21NO6. The fourth-order valence-corrected chi connectivity index (χ4v) is 2.99. The number of methoxy groups -OCH3 is 2. The molecule has 3 aromatic rings. The van der Waals surface area contributed by atoms with Crippen LogP contribution in [0.4, 0.5) is 5.69 Å². The third-order valence-electron chi connectivity index (χ3n) is 4.57. The van der Waals surface area contributed by atoms with E-state index in [1.54, 1.807) is 49.6 Å². The average molecular weight is 407 g/mol. The van der Waals surface area contributed by atoms with Gasteiger partial charge in [0.25, 0.3) is 5.69 Å². The van der Waals surface area contributed by atoms with Crippen molar-refractivity contribution in [1.29, 1.82) is 0 Å². The number of carbonyl (C=O) groups excluding carboxylic acids is 1. The molecule has 0 spiro atoms. The second kappa shape index (κ2) is 9.67. The molecule has 30 heavy (non-hydrogen) atoms. The van der Waals surface area contributed by atoms with Crippen LogP contribution in [0.1, 0.15) is 15.9 Å². The second-order valence-corrected chi connectivity index (χ2v) is 6.51. The summed E-state index contributed by atoms with van der Waals surface area (Å²) in [6.45, 7) is 0.0562. The zero-order valence-corrected chi connectivity index (χ0v) is 16.7. The smallest absolute Gasteiger partial charge is 0.269 e. The minimum Gasteiger partial charge on any atom is -0.497 e. The molecule has 0 aliphatic carbocycles. The number of hydrogen-bond acceptors (Lipinski definition) is 6. The highest BCUT2D eigenvalue weighted by molar-refractivity contribution is 5.98. The lowest BCUT2D eigenvalue weighted by atomic mass is 9.97. The predicted molar refractivity (Wildman–Crippen MR) is 112 cm³/mol. The first-order valence-electron chi connectivity index (χ1n) is 9.18. The van der Waals surface area contributed by atoms with Crippen LogP contribution in [0.5, 0.6) is 11.5 Å². The van der Waals surface area contributed by atoms with Crippen LogP contribution in [0, 0.1) is 10.1 Å². The summed E-state index contributed by atoms with van der Waals surface area (Å²) < 4.78 is 15.7. The zero-order chi connectivity index (χ0) is 21.5. The number of nitrogens with zero attached hydrogens (tertiary/aromatic N) is 1. The standard InChI is InChI=1S/C23H21NO6/c1-28-15-30-23-12-7-18(16-3-8-20(9-4-16)24(26)27)13-19(23)14-22(25)17-5-10-21(29-2)11-6-17/h3-13H,14-15H2,1-2H3. The Bertz CT molecular complexity index is 1030. The molecule has 0 aromatic heterocycles. The Morgan fingerprint density at radius 1 is 0.933 bits per heavy atom. The van der Waals surface area contributed by atoms with Crippen LogP contribution >= 0.6 is 0 Å². The quantitative estimate of drug-likeness (QED) is 0.222. The van der Waals surface area contributed by atoms with Gasteiger partial charge in [0.1, 0.15) is 11.5 Å². The van der Waals surface area contributed by atoms with Crippen molar-refractivity contribution in [3.63, 3.8) is 0 Å². The van der Waals surface area contributed by atoms with E-state index in [9.17, 15) is 14.9 Å². The third kappa shape index (κ3) is 5.01. The molecule has 0 aliphatic heterocycles. The molecule has 0 amide bonds. The monoisotopic (exact) mass is 407 g/mol. The van der Waals surface area contributed by atoms with Crippen molar-refractivity contribution in [2.75, 3.05) is 21.0 Å². The van der Waals surface area contributed by atoms with Crippen molar-refractivity contribution in [3.8, 4) is 22.6 Å². The van der Waals surface area contributed by atoms with E-state index in [4.69, 9.17) is 14.2 Å². The van der Waals surface area contributed by atoms with Crippen molar-refractivity contribution < 1.29 is 23.9 Å². The van der Waals surface area contributed by atoms with E-state index in [1.807, 2.05) is 12.1 Å². The molecule has 7 nitrogen and oxygen atoms in total. The Kier molecular flexibility index (Phi) is 6.77. The van der Waals surface area contributed by atoms with Crippen molar-refractivity contribution in [3.05, 3.63) is 88.0 Å². The van der Waals surface area contributed by atoms with Crippen LogP contribution in [0.2, 0.25) is 0 Å². The highest BCUT2D eigenvalue weighted by atomic mass is 16.7.